The Morgan fingerprint density at radius 3 is 2.63 bits per heavy atom. The summed E-state index contributed by atoms with van der Waals surface area (Å²) in [6, 6.07) is 5.87. The molecule has 1 aliphatic rings. The van der Waals surface area contributed by atoms with E-state index in [4.69, 9.17) is 5.73 Å². The Kier molecular flexibility index (Phi) is 4.27. The van der Waals surface area contributed by atoms with Gasteiger partial charge in [-0.2, -0.15) is 0 Å². The first-order valence-electron chi connectivity index (χ1n) is 6.67. The van der Waals surface area contributed by atoms with Crippen molar-refractivity contribution in [1.29, 1.82) is 0 Å². The number of carbonyl (C=O) groups is 1. The van der Waals surface area contributed by atoms with E-state index in [1.807, 2.05) is 6.07 Å². The molecule has 1 aromatic rings. The molecule has 0 unspecified atom stereocenters. The Morgan fingerprint density at radius 1 is 1.37 bits per heavy atom. The van der Waals surface area contributed by atoms with Crippen LogP contribution in [0.4, 0.5) is 11.4 Å². The lowest BCUT2D eigenvalue weighted by molar-refractivity contribution is 0.0963. The molecule has 0 radical (unpaired) electrons. The van der Waals surface area contributed by atoms with E-state index >= 15 is 0 Å². The summed E-state index contributed by atoms with van der Waals surface area (Å²) in [5.41, 5.74) is 8.14. The summed E-state index contributed by atoms with van der Waals surface area (Å²) in [4.78, 5) is 13.8. The van der Waals surface area contributed by atoms with Crippen molar-refractivity contribution in [3.63, 3.8) is 0 Å². The van der Waals surface area contributed by atoms with Gasteiger partial charge in [0.15, 0.2) is 0 Å². The Morgan fingerprint density at radius 2 is 2.05 bits per heavy atom. The minimum Gasteiger partial charge on any atom is -0.397 e. The first-order chi connectivity index (χ1) is 9.10. The highest BCUT2D eigenvalue weighted by molar-refractivity contribution is 5.95. The maximum Gasteiger partial charge on any atom is 0.251 e. The lowest BCUT2D eigenvalue weighted by Gasteiger charge is -2.30. The highest BCUT2D eigenvalue weighted by Crippen LogP contribution is 2.23. The largest absolute Gasteiger partial charge is 0.397 e. The van der Waals surface area contributed by atoms with Crippen molar-refractivity contribution in [2.75, 3.05) is 38.2 Å². The second-order valence-electron chi connectivity index (χ2n) is 5.10. The molecule has 4 N–H and O–H groups in total. The van der Waals surface area contributed by atoms with Gasteiger partial charge in [0, 0.05) is 18.7 Å². The monoisotopic (exact) mass is 262 g/mol. The van der Waals surface area contributed by atoms with E-state index in [0.717, 1.165) is 31.6 Å². The SMILES string of the molecule is CNC(=O)c1ccc(NC2CCN(C)CC2)c(N)c1. The molecule has 1 amide bonds. The zero-order valence-electron chi connectivity index (χ0n) is 11.6. The molecule has 0 spiro atoms. The molecule has 0 saturated carbocycles. The van der Waals surface area contributed by atoms with Gasteiger partial charge in [0.25, 0.3) is 5.91 Å². The van der Waals surface area contributed by atoms with Crippen molar-refractivity contribution in [2.45, 2.75) is 18.9 Å². The number of nitrogens with zero attached hydrogens (tertiary/aromatic N) is 1. The molecule has 0 atom stereocenters. The van der Waals surface area contributed by atoms with E-state index < -0.39 is 0 Å². The molecule has 104 valence electrons. The normalized spacial score (nSPS) is 17.2. The molecule has 1 saturated heterocycles. The average Bonchev–Trinajstić information content (AvgIpc) is 2.42. The number of piperidine rings is 1. The van der Waals surface area contributed by atoms with Crippen LogP contribution in [0.1, 0.15) is 23.2 Å². The highest BCUT2D eigenvalue weighted by atomic mass is 16.1. The molecule has 19 heavy (non-hydrogen) atoms. The minimum atomic E-state index is -0.113. The molecule has 1 aromatic carbocycles. The lowest BCUT2D eigenvalue weighted by Crippen LogP contribution is -2.36. The van der Waals surface area contributed by atoms with Crippen LogP contribution in [0.5, 0.6) is 0 Å². The van der Waals surface area contributed by atoms with Crippen molar-refractivity contribution in [3.8, 4) is 0 Å². The summed E-state index contributed by atoms with van der Waals surface area (Å²) in [7, 11) is 3.76. The van der Waals surface area contributed by atoms with Crippen molar-refractivity contribution in [3.05, 3.63) is 23.8 Å². The van der Waals surface area contributed by atoms with Gasteiger partial charge in [0.2, 0.25) is 0 Å². The fraction of sp³-hybridized carbons (Fsp3) is 0.500. The summed E-state index contributed by atoms with van der Waals surface area (Å²) in [5.74, 6) is -0.113. The highest BCUT2D eigenvalue weighted by Gasteiger charge is 2.17. The molecule has 5 heteroatoms. The number of carbonyl (C=O) groups excluding carboxylic acids is 1. The number of anilines is 2. The molecular formula is C14H22N4O. The maximum atomic E-state index is 11.5. The summed E-state index contributed by atoms with van der Waals surface area (Å²) in [5, 5.41) is 6.06. The molecule has 1 fully saturated rings. The minimum absolute atomic E-state index is 0.113. The van der Waals surface area contributed by atoms with E-state index in [-0.39, 0.29) is 5.91 Å². The van der Waals surface area contributed by atoms with Crippen LogP contribution < -0.4 is 16.4 Å². The van der Waals surface area contributed by atoms with E-state index in [1.165, 1.54) is 0 Å². The molecule has 0 aliphatic carbocycles. The Bertz CT molecular complexity index is 453. The maximum absolute atomic E-state index is 11.5. The van der Waals surface area contributed by atoms with Gasteiger partial charge in [-0.15, -0.1) is 0 Å². The second-order valence-corrected chi connectivity index (χ2v) is 5.10. The van der Waals surface area contributed by atoms with Crippen LogP contribution in [0.25, 0.3) is 0 Å². The third-order valence-corrected chi connectivity index (χ3v) is 3.62. The van der Waals surface area contributed by atoms with Crippen LogP contribution >= 0.6 is 0 Å². The zero-order chi connectivity index (χ0) is 13.8. The number of nitrogens with two attached hydrogens (primary N) is 1. The summed E-state index contributed by atoms with van der Waals surface area (Å²) >= 11 is 0. The lowest BCUT2D eigenvalue weighted by atomic mass is 10.0. The Balaban J connectivity index is 2.03. The summed E-state index contributed by atoms with van der Waals surface area (Å²) in [6.07, 6.45) is 2.24. The van der Waals surface area contributed by atoms with Gasteiger partial charge in [-0.1, -0.05) is 0 Å². The van der Waals surface area contributed by atoms with Gasteiger partial charge >= 0.3 is 0 Å². The van der Waals surface area contributed by atoms with Crippen molar-refractivity contribution >= 4 is 17.3 Å². The Hall–Kier alpha value is -1.75. The zero-order valence-corrected chi connectivity index (χ0v) is 11.6. The van der Waals surface area contributed by atoms with E-state index in [1.54, 1.807) is 19.2 Å². The third-order valence-electron chi connectivity index (χ3n) is 3.62. The van der Waals surface area contributed by atoms with Crippen LogP contribution in [0, 0.1) is 0 Å². The van der Waals surface area contributed by atoms with Gasteiger partial charge < -0.3 is 21.3 Å². The standard InChI is InChI=1S/C14H22N4O/c1-16-14(19)10-3-4-13(12(15)9-10)17-11-5-7-18(2)8-6-11/h3-4,9,11,17H,5-8,15H2,1-2H3,(H,16,19). The molecule has 1 aliphatic heterocycles. The van der Waals surface area contributed by atoms with E-state index in [9.17, 15) is 4.79 Å². The van der Waals surface area contributed by atoms with Crippen molar-refractivity contribution < 1.29 is 4.79 Å². The number of likely N-dealkylation sites (tertiary alicyclic amines) is 1. The smallest absolute Gasteiger partial charge is 0.251 e. The third kappa shape index (κ3) is 3.38. The Labute approximate surface area is 114 Å². The van der Waals surface area contributed by atoms with Gasteiger partial charge in [0.1, 0.15) is 0 Å². The van der Waals surface area contributed by atoms with E-state index in [0.29, 0.717) is 17.3 Å². The predicted molar refractivity (Wildman–Crippen MR) is 78.4 cm³/mol. The number of hydrogen-bond donors (Lipinski definition) is 3. The average molecular weight is 262 g/mol. The summed E-state index contributed by atoms with van der Waals surface area (Å²) in [6.45, 7) is 2.21. The quantitative estimate of drug-likeness (QED) is 0.714. The number of nitrogens with one attached hydrogen (secondary N) is 2. The first kappa shape index (κ1) is 13.7. The molecular weight excluding hydrogens is 240 g/mol. The topological polar surface area (TPSA) is 70.4 Å². The summed E-state index contributed by atoms with van der Waals surface area (Å²) < 4.78 is 0. The van der Waals surface area contributed by atoms with Gasteiger partial charge in [0.05, 0.1) is 11.4 Å². The number of hydrogen-bond acceptors (Lipinski definition) is 4. The van der Waals surface area contributed by atoms with Crippen LogP contribution in [-0.4, -0.2) is 44.0 Å². The van der Waals surface area contributed by atoms with E-state index in [2.05, 4.69) is 22.6 Å². The molecule has 0 bridgehead atoms. The first-order valence-corrected chi connectivity index (χ1v) is 6.67. The van der Waals surface area contributed by atoms with Crippen LogP contribution in [0.15, 0.2) is 18.2 Å². The van der Waals surface area contributed by atoms with Gasteiger partial charge in [-0.25, -0.2) is 0 Å². The number of nitrogen functional groups attached to an aromatic ring is 1. The molecule has 0 aromatic heterocycles. The number of amides is 1. The molecule has 1 heterocycles. The fourth-order valence-corrected chi connectivity index (χ4v) is 2.35. The van der Waals surface area contributed by atoms with Crippen molar-refractivity contribution in [1.82, 2.24) is 10.2 Å². The second kappa shape index (κ2) is 5.93. The molecule has 2 rings (SSSR count). The van der Waals surface area contributed by atoms with Crippen LogP contribution in [0.3, 0.4) is 0 Å². The number of benzene rings is 1. The van der Waals surface area contributed by atoms with Gasteiger partial charge in [-0.05, 0) is 51.2 Å². The van der Waals surface area contributed by atoms with Crippen molar-refractivity contribution in [2.24, 2.45) is 0 Å². The predicted octanol–water partition coefficient (Wildman–Crippen LogP) is 1.13. The number of rotatable bonds is 3. The van der Waals surface area contributed by atoms with Crippen LogP contribution in [-0.2, 0) is 0 Å². The van der Waals surface area contributed by atoms with Gasteiger partial charge in [-0.3, -0.25) is 4.79 Å². The fourth-order valence-electron chi connectivity index (χ4n) is 2.35. The molecule has 5 nitrogen and oxygen atoms in total. The van der Waals surface area contributed by atoms with Crippen LogP contribution in [0.2, 0.25) is 0 Å².